The molecule has 86 valence electrons. The molecule has 0 heterocycles. The van der Waals surface area contributed by atoms with Crippen LogP contribution in [-0.2, 0) is 11.2 Å². The Morgan fingerprint density at radius 3 is 2.94 bits per heavy atom. The largest absolute Gasteiger partial charge is 0.307 e. The van der Waals surface area contributed by atoms with Gasteiger partial charge in [0, 0.05) is 12.5 Å². The lowest BCUT2D eigenvalue weighted by Gasteiger charge is -2.05. The quantitative estimate of drug-likeness (QED) is 0.901. The van der Waals surface area contributed by atoms with Gasteiger partial charge in [-0.2, -0.15) is 0 Å². The summed E-state index contributed by atoms with van der Waals surface area (Å²) >= 11 is 3.15. The molecule has 1 saturated carbocycles. The Balaban J connectivity index is 1.91. The summed E-state index contributed by atoms with van der Waals surface area (Å²) in [5, 5.41) is 3.15. The summed E-state index contributed by atoms with van der Waals surface area (Å²) in [6.45, 7) is 0.383. The highest BCUT2D eigenvalue weighted by atomic mass is 79.9. The topological polar surface area (TPSA) is 29.1 Å². The van der Waals surface area contributed by atoms with Gasteiger partial charge in [0.15, 0.2) is 5.78 Å². The van der Waals surface area contributed by atoms with Crippen LogP contribution in [0.4, 0.5) is 4.39 Å². The summed E-state index contributed by atoms with van der Waals surface area (Å²) in [6, 6.07) is 5.29. The van der Waals surface area contributed by atoms with Gasteiger partial charge in [-0.15, -0.1) is 0 Å². The zero-order valence-electron chi connectivity index (χ0n) is 8.80. The molecule has 0 amide bonds. The van der Waals surface area contributed by atoms with Crippen LogP contribution in [0, 0.1) is 5.82 Å². The van der Waals surface area contributed by atoms with E-state index in [0.717, 1.165) is 12.8 Å². The van der Waals surface area contributed by atoms with Crippen molar-refractivity contribution in [3.05, 3.63) is 34.1 Å². The van der Waals surface area contributed by atoms with Gasteiger partial charge in [-0.05, 0) is 40.4 Å². The van der Waals surface area contributed by atoms with E-state index in [-0.39, 0.29) is 18.0 Å². The summed E-state index contributed by atoms with van der Waals surface area (Å²) in [4.78, 5) is 11.6. The molecular weight excluding hydrogens is 273 g/mol. The average molecular weight is 286 g/mol. The summed E-state index contributed by atoms with van der Waals surface area (Å²) in [7, 11) is 0. The second kappa shape index (κ2) is 5.06. The number of benzene rings is 1. The van der Waals surface area contributed by atoms with Crippen LogP contribution in [0.1, 0.15) is 18.4 Å². The Morgan fingerprint density at radius 1 is 1.50 bits per heavy atom. The van der Waals surface area contributed by atoms with Gasteiger partial charge < -0.3 is 5.32 Å². The van der Waals surface area contributed by atoms with Gasteiger partial charge in [-0.3, -0.25) is 4.79 Å². The normalized spacial score (nSPS) is 15.1. The smallest absolute Gasteiger partial charge is 0.151 e. The maximum absolute atomic E-state index is 13.2. The second-order valence-corrected chi connectivity index (χ2v) is 4.88. The van der Waals surface area contributed by atoms with Gasteiger partial charge in [0.2, 0.25) is 0 Å². The van der Waals surface area contributed by atoms with E-state index in [1.54, 1.807) is 12.1 Å². The molecule has 1 aliphatic rings. The fraction of sp³-hybridized carbons (Fsp3) is 0.417. The minimum Gasteiger partial charge on any atom is -0.307 e. The number of carbonyl (C=O) groups is 1. The van der Waals surface area contributed by atoms with Gasteiger partial charge in [0.05, 0.1) is 11.0 Å². The van der Waals surface area contributed by atoms with Crippen molar-refractivity contribution in [1.82, 2.24) is 5.32 Å². The number of halogens is 2. The lowest BCUT2D eigenvalue weighted by molar-refractivity contribution is -0.117. The van der Waals surface area contributed by atoms with E-state index >= 15 is 0 Å². The van der Waals surface area contributed by atoms with Crippen molar-refractivity contribution in [2.24, 2.45) is 0 Å². The number of rotatable bonds is 5. The van der Waals surface area contributed by atoms with E-state index in [4.69, 9.17) is 0 Å². The standard InChI is InChI=1S/C12H13BrFNO/c13-12-8(2-1-3-11(12)14)6-10(16)7-15-9-4-5-9/h1-3,9,15H,4-7H2. The highest BCUT2D eigenvalue weighted by Gasteiger charge is 2.21. The Kier molecular flexibility index (Phi) is 3.71. The van der Waals surface area contributed by atoms with Crippen molar-refractivity contribution in [3.63, 3.8) is 0 Å². The molecule has 0 saturated heterocycles. The van der Waals surface area contributed by atoms with E-state index in [9.17, 15) is 9.18 Å². The van der Waals surface area contributed by atoms with Crippen molar-refractivity contribution in [1.29, 1.82) is 0 Å². The molecule has 1 fully saturated rings. The second-order valence-electron chi connectivity index (χ2n) is 4.08. The van der Waals surface area contributed by atoms with E-state index in [2.05, 4.69) is 21.2 Å². The molecule has 1 aromatic carbocycles. The molecule has 0 radical (unpaired) electrons. The fourth-order valence-corrected chi connectivity index (χ4v) is 1.91. The first-order chi connectivity index (χ1) is 7.66. The summed E-state index contributed by atoms with van der Waals surface area (Å²) < 4.78 is 13.6. The molecule has 0 aromatic heterocycles. The monoisotopic (exact) mass is 285 g/mol. The third kappa shape index (κ3) is 3.12. The van der Waals surface area contributed by atoms with E-state index in [0.29, 0.717) is 22.6 Å². The number of nitrogens with one attached hydrogen (secondary N) is 1. The van der Waals surface area contributed by atoms with Crippen molar-refractivity contribution in [2.75, 3.05) is 6.54 Å². The summed E-state index contributed by atoms with van der Waals surface area (Å²) in [5.41, 5.74) is 0.711. The van der Waals surface area contributed by atoms with Crippen LogP contribution in [0.15, 0.2) is 22.7 Å². The number of Topliss-reactive ketones (excluding diaryl/α,β-unsaturated/α-hetero) is 1. The lowest BCUT2D eigenvalue weighted by atomic mass is 10.1. The van der Waals surface area contributed by atoms with Crippen LogP contribution in [-0.4, -0.2) is 18.4 Å². The van der Waals surface area contributed by atoms with Crippen LogP contribution in [0.2, 0.25) is 0 Å². The van der Waals surface area contributed by atoms with Crippen molar-refractivity contribution in [3.8, 4) is 0 Å². The van der Waals surface area contributed by atoms with E-state index in [1.165, 1.54) is 6.07 Å². The maximum atomic E-state index is 13.2. The number of hydrogen-bond acceptors (Lipinski definition) is 2. The lowest BCUT2D eigenvalue weighted by Crippen LogP contribution is -2.26. The molecule has 2 rings (SSSR count). The third-order valence-corrected chi connectivity index (χ3v) is 3.47. The minimum absolute atomic E-state index is 0.0956. The Bertz CT molecular complexity index is 404. The maximum Gasteiger partial charge on any atom is 0.151 e. The van der Waals surface area contributed by atoms with Crippen LogP contribution < -0.4 is 5.32 Å². The van der Waals surface area contributed by atoms with Gasteiger partial charge in [0.25, 0.3) is 0 Å². The van der Waals surface area contributed by atoms with Crippen LogP contribution >= 0.6 is 15.9 Å². The van der Waals surface area contributed by atoms with Crippen LogP contribution in [0.25, 0.3) is 0 Å². The van der Waals surface area contributed by atoms with Crippen LogP contribution in [0.5, 0.6) is 0 Å². The highest BCUT2D eigenvalue weighted by molar-refractivity contribution is 9.10. The molecule has 16 heavy (non-hydrogen) atoms. The minimum atomic E-state index is -0.319. The number of carbonyl (C=O) groups excluding carboxylic acids is 1. The molecule has 0 aliphatic heterocycles. The number of hydrogen-bond donors (Lipinski definition) is 1. The van der Waals surface area contributed by atoms with Crippen molar-refractivity contribution < 1.29 is 9.18 Å². The van der Waals surface area contributed by atoms with Gasteiger partial charge in [-0.25, -0.2) is 4.39 Å². The SMILES string of the molecule is O=C(CNC1CC1)Cc1cccc(F)c1Br. The van der Waals surface area contributed by atoms with Gasteiger partial charge >= 0.3 is 0 Å². The van der Waals surface area contributed by atoms with Gasteiger partial charge in [-0.1, -0.05) is 12.1 Å². The molecule has 1 aliphatic carbocycles. The predicted molar refractivity (Wildman–Crippen MR) is 63.8 cm³/mol. The first-order valence-electron chi connectivity index (χ1n) is 5.35. The molecule has 1 aromatic rings. The van der Waals surface area contributed by atoms with Crippen LogP contribution in [0.3, 0.4) is 0 Å². The predicted octanol–water partition coefficient (Wildman–Crippen LogP) is 2.45. The zero-order chi connectivity index (χ0) is 11.5. The molecule has 0 unspecified atom stereocenters. The number of ketones is 1. The van der Waals surface area contributed by atoms with E-state index in [1.807, 2.05) is 0 Å². The Hall–Kier alpha value is -0.740. The molecule has 1 N–H and O–H groups in total. The molecular formula is C12H13BrFNO. The Labute approximate surface area is 102 Å². The first-order valence-corrected chi connectivity index (χ1v) is 6.14. The fourth-order valence-electron chi connectivity index (χ4n) is 1.51. The Morgan fingerprint density at radius 2 is 2.25 bits per heavy atom. The average Bonchev–Trinajstić information content (AvgIpc) is 3.06. The molecule has 2 nitrogen and oxygen atoms in total. The molecule has 0 spiro atoms. The van der Waals surface area contributed by atoms with Crippen molar-refractivity contribution in [2.45, 2.75) is 25.3 Å². The van der Waals surface area contributed by atoms with Gasteiger partial charge in [0.1, 0.15) is 5.82 Å². The molecule has 0 bridgehead atoms. The zero-order valence-corrected chi connectivity index (χ0v) is 10.4. The highest BCUT2D eigenvalue weighted by Crippen LogP contribution is 2.21. The molecule has 4 heteroatoms. The van der Waals surface area contributed by atoms with E-state index < -0.39 is 0 Å². The summed E-state index contributed by atoms with van der Waals surface area (Å²) in [5.74, 6) is -0.223. The summed E-state index contributed by atoms with van der Waals surface area (Å²) in [6.07, 6.45) is 2.60. The first kappa shape index (κ1) is 11.7. The molecule has 0 atom stereocenters. The van der Waals surface area contributed by atoms with Crippen molar-refractivity contribution >= 4 is 21.7 Å². The third-order valence-electron chi connectivity index (χ3n) is 2.58.